The van der Waals surface area contributed by atoms with Gasteiger partial charge in [-0.25, -0.2) is 0 Å². The number of halogens is 1. The number of rotatable bonds is 5. The lowest BCUT2D eigenvalue weighted by molar-refractivity contribution is 0.169. The van der Waals surface area contributed by atoms with E-state index >= 15 is 0 Å². The van der Waals surface area contributed by atoms with Crippen LogP contribution in [-0.2, 0) is 6.54 Å². The van der Waals surface area contributed by atoms with Crippen LogP contribution in [0.15, 0.2) is 22.7 Å². The van der Waals surface area contributed by atoms with Gasteiger partial charge in [0, 0.05) is 25.7 Å². The normalized spacial score (nSPS) is 23.5. The fraction of sp³-hybridized carbons (Fsp3) is 0.600. The maximum atomic E-state index is 9.91. The van der Waals surface area contributed by atoms with Crippen LogP contribution in [0.25, 0.3) is 0 Å². The third-order valence-corrected chi connectivity index (χ3v) is 4.30. The van der Waals surface area contributed by atoms with Crippen molar-refractivity contribution in [3.63, 3.8) is 0 Å². The number of hydrogen-bond acceptors (Lipinski definition) is 4. The predicted molar refractivity (Wildman–Crippen MR) is 84.1 cm³/mol. The Morgan fingerprint density at radius 3 is 2.80 bits per heavy atom. The molecule has 1 heterocycles. The molecule has 0 spiro atoms. The Bertz CT molecular complexity index is 453. The number of ether oxygens (including phenoxy) is 1. The van der Waals surface area contributed by atoms with Crippen molar-refractivity contribution < 1.29 is 9.84 Å². The summed E-state index contributed by atoms with van der Waals surface area (Å²) in [6, 6.07) is 6.57. The first-order valence-electron chi connectivity index (χ1n) is 6.89. The van der Waals surface area contributed by atoms with Gasteiger partial charge in [-0.15, -0.1) is 0 Å². The summed E-state index contributed by atoms with van der Waals surface area (Å²) in [5, 5.41) is 9.91. The Hall–Kier alpha value is -0.620. The summed E-state index contributed by atoms with van der Waals surface area (Å²) in [5.41, 5.74) is 1.23. The van der Waals surface area contributed by atoms with Crippen LogP contribution < -0.4 is 4.74 Å². The van der Waals surface area contributed by atoms with E-state index in [2.05, 4.69) is 52.0 Å². The van der Waals surface area contributed by atoms with Gasteiger partial charge in [0.1, 0.15) is 5.75 Å². The standard InChI is InChI=1S/C15H23BrN2O2/c1-17(2)9-12-7-13(19)10-18(12)8-11-4-5-15(20-3)14(16)6-11/h4-6,12-13,19H,7-10H2,1-3H3. The summed E-state index contributed by atoms with van der Waals surface area (Å²) in [5.74, 6) is 0.847. The van der Waals surface area contributed by atoms with Crippen molar-refractivity contribution in [3.8, 4) is 5.75 Å². The molecule has 112 valence electrons. The molecule has 2 unspecified atom stereocenters. The number of nitrogens with zero attached hydrogens (tertiary/aromatic N) is 2. The van der Waals surface area contributed by atoms with Crippen molar-refractivity contribution in [2.24, 2.45) is 0 Å². The first-order chi connectivity index (χ1) is 9.49. The molecule has 1 N–H and O–H groups in total. The second kappa shape index (κ2) is 6.89. The molecular formula is C15H23BrN2O2. The van der Waals surface area contributed by atoms with E-state index < -0.39 is 0 Å². The summed E-state index contributed by atoms with van der Waals surface area (Å²) >= 11 is 3.52. The first-order valence-corrected chi connectivity index (χ1v) is 7.68. The Morgan fingerprint density at radius 2 is 2.20 bits per heavy atom. The maximum absolute atomic E-state index is 9.91. The number of methoxy groups -OCH3 is 1. The lowest BCUT2D eigenvalue weighted by Gasteiger charge is -2.26. The van der Waals surface area contributed by atoms with E-state index in [0.717, 1.165) is 36.3 Å². The van der Waals surface area contributed by atoms with E-state index in [1.165, 1.54) is 5.56 Å². The highest BCUT2D eigenvalue weighted by atomic mass is 79.9. The summed E-state index contributed by atoms with van der Waals surface area (Å²) in [7, 11) is 5.82. The minimum atomic E-state index is -0.207. The monoisotopic (exact) mass is 342 g/mol. The van der Waals surface area contributed by atoms with Gasteiger partial charge in [0.15, 0.2) is 0 Å². The molecule has 0 radical (unpaired) electrons. The van der Waals surface area contributed by atoms with E-state index in [0.29, 0.717) is 6.04 Å². The van der Waals surface area contributed by atoms with Crippen LogP contribution in [0.5, 0.6) is 5.75 Å². The van der Waals surface area contributed by atoms with E-state index in [-0.39, 0.29) is 6.10 Å². The second-order valence-electron chi connectivity index (χ2n) is 5.70. The van der Waals surface area contributed by atoms with Crippen LogP contribution in [0.4, 0.5) is 0 Å². The minimum Gasteiger partial charge on any atom is -0.496 e. The molecule has 0 bridgehead atoms. The number of β-amino-alcohol motifs (C(OH)–C–C–N with tert-alkyl or cyclic N) is 1. The number of hydrogen-bond donors (Lipinski definition) is 1. The quantitative estimate of drug-likeness (QED) is 0.887. The largest absolute Gasteiger partial charge is 0.496 e. The highest BCUT2D eigenvalue weighted by Gasteiger charge is 2.31. The van der Waals surface area contributed by atoms with Gasteiger partial charge in [0.25, 0.3) is 0 Å². The van der Waals surface area contributed by atoms with Gasteiger partial charge in [-0.2, -0.15) is 0 Å². The first kappa shape index (κ1) is 15.8. The summed E-state index contributed by atoms with van der Waals surface area (Å²) in [6.07, 6.45) is 0.650. The third kappa shape index (κ3) is 3.95. The highest BCUT2D eigenvalue weighted by Crippen LogP contribution is 2.27. The number of aliphatic hydroxyl groups excluding tert-OH is 1. The molecule has 1 aromatic rings. The molecule has 0 amide bonds. The van der Waals surface area contributed by atoms with Crippen LogP contribution in [0.2, 0.25) is 0 Å². The van der Waals surface area contributed by atoms with Gasteiger partial charge < -0.3 is 14.7 Å². The average molecular weight is 343 g/mol. The van der Waals surface area contributed by atoms with Gasteiger partial charge in [-0.3, -0.25) is 4.90 Å². The topological polar surface area (TPSA) is 35.9 Å². The van der Waals surface area contributed by atoms with Crippen LogP contribution in [0, 0.1) is 0 Å². The van der Waals surface area contributed by atoms with E-state index in [9.17, 15) is 5.11 Å². The molecule has 4 nitrogen and oxygen atoms in total. The number of benzene rings is 1. The molecule has 20 heavy (non-hydrogen) atoms. The van der Waals surface area contributed by atoms with Crippen LogP contribution in [0.3, 0.4) is 0 Å². The van der Waals surface area contributed by atoms with Crippen LogP contribution >= 0.6 is 15.9 Å². The van der Waals surface area contributed by atoms with Crippen molar-refractivity contribution in [3.05, 3.63) is 28.2 Å². The van der Waals surface area contributed by atoms with Gasteiger partial charge in [-0.05, 0) is 54.1 Å². The molecular weight excluding hydrogens is 320 g/mol. The Kier molecular flexibility index (Phi) is 5.43. The van der Waals surface area contributed by atoms with E-state index in [4.69, 9.17) is 4.74 Å². The molecule has 0 aliphatic carbocycles. The molecule has 1 aliphatic rings. The molecule has 2 atom stereocenters. The number of aliphatic hydroxyl groups is 1. The number of likely N-dealkylation sites (tertiary alicyclic amines) is 1. The average Bonchev–Trinajstić information content (AvgIpc) is 2.68. The summed E-state index contributed by atoms with van der Waals surface area (Å²) < 4.78 is 6.23. The SMILES string of the molecule is COc1ccc(CN2CC(O)CC2CN(C)C)cc1Br. The molecule has 0 saturated carbocycles. The van der Waals surface area contributed by atoms with Crippen molar-refractivity contribution in [1.29, 1.82) is 0 Å². The van der Waals surface area contributed by atoms with Crippen LogP contribution in [0.1, 0.15) is 12.0 Å². The van der Waals surface area contributed by atoms with Crippen molar-refractivity contribution in [2.45, 2.75) is 25.1 Å². The lowest BCUT2D eigenvalue weighted by atomic mass is 10.1. The van der Waals surface area contributed by atoms with Gasteiger partial charge in [0.05, 0.1) is 17.7 Å². The second-order valence-corrected chi connectivity index (χ2v) is 6.56. The number of likely N-dealkylation sites (N-methyl/N-ethyl adjacent to an activating group) is 1. The van der Waals surface area contributed by atoms with E-state index in [1.807, 2.05) is 6.07 Å². The lowest BCUT2D eigenvalue weighted by Crippen LogP contribution is -2.37. The van der Waals surface area contributed by atoms with E-state index in [1.54, 1.807) is 7.11 Å². The molecule has 2 rings (SSSR count). The van der Waals surface area contributed by atoms with Crippen LogP contribution in [-0.4, -0.2) is 61.3 Å². The van der Waals surface area contributed by atoms with Gasteiger partial charge >= 0.3 is 0 Å². The molecule has 1 saturated heterocycles. The van der Waals surface area contributed by atoms with Crippen molar-refractivity contribution in [1.82, 2.24) is 9.80 Å². The van der Waals surface area contributed by atoms with Crippen molar-refractivity contribution >= 4 is 15.9 Å². The van der Waals surface area contributed by atoms with Gasteiger partial charge in [0.2, 0.25) is 0 Å². The summed E-state index contributed by atoms with van der Waals surface area (Å²) in [4.78, 5) is 4.54. The van der Waals surface area contributed by atoms with Crippen molar-refractivity contribution in [2.75, 3.05) is 34.3 Å². The zero-order valence-electron chi connectivity index (χ0n) is 12.3. The highest BCUT2D eigenvalue weighted by molar-refractivity contribution is 9.10. The third-order valence-electron chi connectivity index (χ3n) is 3.68. The minimum absolute atomic E-state index is 0.207. The molecule has 1 fully saturated rings. The maximum Gasteiger partial charge on any atom is 0.133 e. The Labute approximate surface area is 129 Å². The molecule has 5 heteroatoms. The van der Waals surface area contributed by atoms with Gasteiger partial charge in [-0.1, -0.05) is 6.07 Å². The molecule has 1 aliphatic heterocycles. The smallest absolute Gasteiger partial charge is 0.133 e. The summed E-state index contributed by atoms with van der Waals surface area (Å²) in [6.45, 7) is 2.59. The molecule has 0 aromatic heterocycles. The fourth-order valence-corrected chi connectivity index (χ4v) is 3.39. The molecule has 1 aromatic carbocycles. The Balaban J connectivity index is 2.05. The fourth-order valence-electron chi connectivity index (χ4n) is 2.81. The zero-order chi connectivity index (χ0) is 14.7. The predicted octanol–water partition coefficient (Wildman–Crippen LogP) is 1.95. The Morgan fingerprint density at radius 1 is 1.45 bits per heavy atom. The zero-order valence-corrected chi connectivity index (χ0v) is 13.9.